The van der Waals surface area contributed by atoms with Gasteiger partial charge in [-0.1, -0.05) is 43.7 Å². The molecule has 2 rings (SSSR count). The van der Waals surface area contributed by atoms with E-state index in [-0.39, 0.29) is 11.8 Å². The van der Waals surface area contributed by atoms with Gasteiger partial charge in [-0.3, -0.25) is 14.5 Å². The highest BCUT2D eigenvalue weighted by molar-refractivity contribution is 5.87. The zero-order valence-electron chi connectivity index (χ0n) is 14.8. The lowest BCUT2D eigenvalue weighted by Crippen LogP contribution is -2.53. The Morgan fingerprint density at radius 3 is 2.42 bits per heavy atom. The van der Waals surface area contributed by atoms with Crippen LogP contribution in [0.15, 0.2) is 30.3 Å². The maximum Gasteiger partial charge on any atom is 0.244 e. The van der Waals surface area contributed by atoms with Gasteiger partial charge in [-0.2, -0.15) is 0 Å². The number of amides is 2. The monoisotopic (exact) mass is 331 g/mol. The van der Waals surface area contributed by atoms with Crippen molar-refractivity contribution in [3.8, 4) is 0 Å². The first-order valence-electron chi connectivity index (χ1n) is 8.94. The first-order valence-corrected chi connectivity index (χ1v) is 8.94. The van der Waals surface area contributed by atoms with Crippen molar-refractivity contribution in [2.24, 2.45) is 0 Å². The molecule has 0 saturated carbocycles. The molecule has 24 heavy (non-hydrogen) atoms. The summed E-state index contributed by atoms with van der Waals surface area (Å²) in [6, 6.07) is 9.96. The lowest BCUT2D eigenvalue weighted by atomic mass is 10.2. The topological polar surface area (TPSA) is 52.7 Å². The molecular weight excluding hydrogens is 302 g/mol. The molecule has 1 saturated heterocycles. The van der Waals surface area contributed by atoms with Gasteiger partial charge in [0.1, 0.15) is 6.04 Å². The number of hydrogen-bond donors (Lipinski definition) is 1. The molecule has 1 aliphatic rings. The minimum Gasteiger partial charge on any atom is -0.345 e. The molecule has 5 nitrogen and oxygen atoms in total. The summed E-state index contributed by atoms with van der Waals surface area (Å²) in [5, 5.41) is 2.82. The Kier molecular flexibility index (Phi) is 7.25. The van der Waals surface area contributed by atoms with Crippen LogP contribution < -0.4 is 5.32 Å². The fourth-order valence-corrected chi connectivity index (χ4v) is 2.95. The van der Waals surface area contributed by atoms with Gasteiger partial charge in [-0.05, 0) is 18.9 Å². The average Bonchev–Trinajstić information content (AvgIpc) is 2.61. The van der Waals surface area contributed by atoms with Crippen molar-refractivity contribution < 1.29 is 9.59 Å². The normalized spacial score (nSPS) is 16.7. The van der Waals surface area contributed by atoms with Crippen molar-refractivity contribution >= 4 is 11.8 Å². The van der Waals surface area contributed by atoms with Crippen LogP contribution >= 0.6 is 0 Å². The fourth-order valence-electron chi connectivity index (χ4n) is 2.95. The van der Waals surface area contributed by atoms with E-state index in [9.17, 15) is 9.59 Å². The molecular formula is C19H29N3O2. The number of nitrogens with one attached hydrogen (secondary N) is 1. The van der Waals surface area contributed by atoms with Crippen molar-refractivity contribution in [1.29, 1.82) is 0 Å². The van der Waals surface area contributed by atoms with Gasteiger partial charge < -0.3 is 10.2 Å². The molecule has 5 heteroatoms. The van der Waals surface area contributed by atoms with E-state index < -0.39 is 6.04 Å². The number of piperazine rings is 1. The second-order valence-electron chi connectivity index (χ2n) is 6.48. The van der Waals surface area contributed by atoms with Crippen molar-refractivity contribution in [2.75, 3.05) is 26.2 Å². The summed E-state index contributed by atoms with van der Waals surface area (Å²) in [5.41, 5.74) is 1.30. The van der Waals surface area contributed by atoms with Gasteiger partial charge in [0.15, 0.2) is 0 Å². The van der Waals surface area contributed by atoms with Crippen molar-refractivity contribution in [1.82, 2.24) is 15.1 Å². The van der Waals surface area contributed by atoms with E-state index >= 15 is 0 Å². The molecule has 1 aromatic carbocycles. The average molecular weight is 331 g/mol. The van der Waals surface area contributed by atoms with Crippen LogP contribution in [-0.4, -0.2) is 53.8 Å². The maximum atomic E-state index is 12.5. The molecule has 132 valence electrons. The fraction of sp³-hybridized carbons (Fsp3) is 0.579. The number of carbonyl (C=O) groups is 2. The van der Waals surface area contributed by atoms with E-state index in [1.165, 1.54) is 5.56 Å². The zero-order valence-corrected chi connectivity index (χ0v) is 14.8. The first kappa shape index (κ1) is 18.5. The van der Waals surface area contributed by atoms with Gasteiger partial charge in [0.05, 0.1) is 0 Å². The third-order valence-corrected chi connectivity index (χ3v) is 4.44. The molecule has 1 aliphatic heterocycles. The third-order valence-electron chi connectivity index (χ3n) is 4.44. The predicted molar refractivity (Wildman–Crippen MR) is 95.4 cm³/mol. The molecule has 1 heterocycles. The van der Waals surface area contributed by atoms with Crippen LogP contribution in [0.3, 0.4) is 0 Å². The molecule has 1 atom stereocenters. The van der Waals surface area contributed by atoms with E-state index in [2.05, 4.69) is 41.4 Å². The summed E-state index contributed by atoms with van der Waals surface area (Å²) in [4.78, 5) is 28.5. The van der Waals surface area contributed by atoms with Gasteiger partial charge in [-0.25, -0.2) is 0 Å². The lowest BCUT2D eigenvalue weighted by Gasteiger charge is -2.36. The minimum absolute atomic E-state index is 0.0270. The van der Waals surface area contributed by atoms with Crippen molar-refractivity contribution in [3.63, 3.8) is 0 Å². The molecule has 0 radical (unpaired) electrons. The summed E-state index contributed by atoms with van der Waals surface area (Å²) in [6.07, 6.45) is 2.35. The zero-order chi connectivity index (χ0) is 17.4. The minimum atomic E-state index is -0.435. The first-order chi connectivity index (χ1) is 11.6. The number of hydrogen-bond acceptors (Lipinski definition) is 3. The number of rotatable bonds is 7. The number of nitrogens with zero attached hydrogens (tertiary/aromatic N) is 2. The smallest absolute Gasteiger partial charge is 0.244 e. The maximum absolute atomic E-state index is 12.5. The Bertz CT molecular complexity index is 525. The summed E-state index contributed by atoms with van der Waals surface area (Å²) < 4.78 is 0. The molecule has 1 aromatic rings. The lowest BCUT2D eigenvalue weighted by molar-refractivity contribution is -0.137. The van der Waals surface area contributed by atoms with E-state index in [1.807, 2.05) is 11.0 Å². The van der Waals surface area contributed by atoms with Gasteiger partial charge in [0.2, 0.25) is 11.8 Å². The van der Waals surface area contributed by atoms with E-state index in [0.717, 1.165) is 45.6 Å². The highest BCUT2D eigenvalue weighted by Crippen LogP contribution is 2.09. The molecule has 0 bridgehead atoms. The van der Waals surface area contributed by atoms with Crippen LogP contribution in [0.1, 0.15) is 38.7 Å². The number of carbonyl (C=O) groups excluding carboxylic acids is 2. The highest BCUT2D eigenvalue weighted by atomic mass is 16.2. The van der Waals surface area contributed by atoms with Crippen LogP contribution in [0.25, 0.3) is 0 Å². The molecule has 1 N–H and O–H groups in total. The summed E-state index contributed by atoms with van der Waals surface area (Å²) in [7, 11) is 0. The molecule has 0 unspecified atom stereocenters. The second kappa shape index (κ2) is 9.42. The summed E-state index contributed by atoms with van der Waals surface area (Å²) in [6.45, 7) is 7.95. The molecule has 1 fully saturated rings. The van der Waals surface area contributed by atoms with Gasteiger partial charge in [0.25, 0.3) is 0 Å². The summed E-state index contributed by atoms with van der Waals surface area (Å²) >= 11 is 0. The highest BCUT2D eigenvalue weighted by Gasteiger charge is 2.25. The molecule has 0 aromatic heterocycles. The van der Waals surface area contributed by atoms with Crippen LogP contribution in [0.2, 0.25) is 0 Å². The second-order valence-corrected chi connectivity index (χ2v) is 6.48. The van der Waals surface area contributed by atoms with Gasteiger partial charge in [0, 0.05) is 39.1 Å². The van der Waals surface area contributed by atoms with Crippen LogP contribution in [0.5, 0.6) is 0 Å². The quantitative estimate of drug-likeness (QED) is 0.832. The summed E-state index contributed by atoms with van der Waals surface area (Å²) in [5.74, 6) is -0.000349. The Morgan fingerprint density at radius 1 is 1.12 bits per heavy atom. The molecule has 2 amide bonds. The molecule has 0 aliphatic carbocycles. The Balaban J connectivity index is 1.74. The van der Waals surface area contributed by atoms with Crippen molar-refractivity contribution in [2.45, 2.75) is 45.7 Å². The van der Waals surface area contributed by atoms with Gasteiger partial charge >= 0.3 is 0 Å². The standard InChI is InChI=1S/C19H29N3O2/c1-3-4-10-18(23)20-16(2)19(24)22-13-11-21(12-14-22)15-17-8-6-5-7-9-17/h5-9,16H,3-4,10-15H2,1-2H3,(H,20,23)/t16-/m0/s1. The van der Waals surface area contributed by atoms with Crippen LogP contribution in [0.4, 0.5) is 0 Å². The van der Waals surface area contributed by atoms with Crippen LogP contribution in [0, 0.1) is 0 Å². The largest absolute Gasteiger partial charge is 0.345 e. The SMILES string of the molecule is CCCCC(=O)N[C@@H](C)C(=O)N1CCN(Cc2ccccc2)CC1. The van der Waals surface area contributed by atoms with Crippen molar-refractivity contribution in [3.05, 3.63) is 35.9 Å². The van der Waals surface area contributed by atoms with Gasteiger partial charge in [-0.15, -0.1) is 0 Å². The Morgan fingerprint density at radius 2 is 1.79 bits per heavy atom. The van der Waals surface area contributed by atoms with E-state index in [0.29, 0.717) is 6.42 Å². The number of unbranched alkanes of at least 4 members (excludes halogenated alkanes) is 1. The number of benzene rings is 1. The molecule has 0 spiro atoms. The Labute approximate surface area is 145 Å². The predicted octanol–water partition coefficient (Wildman–Crippen LogP) is 2.03. The van der Waals surface area contributed by atoms with E-state index in [1.54, 1.807) is 6.92 Å². The Hall–Kier alpha value is -1.88. The van der Waals surface area contributed by atoms with Crippen LogP contribution in [-0.2, 0) is 16.1 Å². The third kappa shape index (κ3) is 5.64. The van der Waals surface area contributed by atoms with E-state index in [4.69, 9.17) is 0 Å².